The van der Waals surface area contributed by atoms with Crippen molar-refractivity contribution in [2.45, 2.75) is 0 Å². The zero-order chi connectivity index (χ0) is 17.4. The van der Waals surface area contributed by atoms with E-state index in [1.165, 1.54) is 5.69 Å². The predicted molar refractivity (Wildman–Crippen MR) is 104 cm³/mol. The molecule has 0 saturated heterocycles. The molecule has 0 aliphatic rings. The highest BCUT2D eigenvalue weighted by atomic mass is 16.4. The van der Waals surface area contributed by atoms with Gasteiger partial charge in [0.2, 0.25) is 0 Å². The Kier molecular flexibility index (Phi) is 6.61. The molecule has 2 aromatic rings. The van der Waals surface area contributed by atoms with Crippen LogP contribution in [0.1, 0.15) is 11.1 Å². The molecule has 24 heavy (non-hydrogen) atoms. The van der Waals surface area contributed by atoms with Gasteiger partial charge in [0.15, 0.2) is 0 Å². The molecule has 0 bridgehead atoms. The van der Waals surface area contributed by atoms with E-state index in [2.05, 4.69) is 35.2 Å². The van der Waals surface area contributed by atoms with Crippen LogP contribution in [0.5, 0.6) is 0 Å². The molecule has 2 N–H and O–H groups in total. The van der Waals surface area contributed by atoms with Crippen LogP contribution in [0.3, 0.4) is 0 Å². The third kappa shape index (κ3) is 5.58. The Balaban J connectivity index is 1.87. The Morgan fingerprint density at radius 3 is 1.58 bits per heavy atom. The minimum Gasteiger partial charge on any atom is -0.423 e. The SMILES string of the molecule is CN(C)c1ccc(C=CC=CC=Cc2ccc(B(O)O)cc2)cc1. The number of hydrogen-bond donors (Lipinski definition) is 2. The molecule has 3 nitrogen and oxygen atoms in total. The fraction of sp³-hybridized carbons (Fsp3) is 0.100. The van der Waals surface area contributed by atoms with Crippen LogP contribution in [0.2, 0.25) is 0 Å². The van der Waals surface area contributed by atoms with E-state index in [4.69, 9.17) is 10.0 Å². The second kappa shape index (κ2) is 8.92. The molecule has 2 rings (SSSR count). The van der Waals surface area contributed by atoms with Gasteiger partial charge in [0, 0.05) is 19.8 Å². The number of hydrogen-bond acceptors (Lipinski definition) is 3. The summed E-state index contributed by atoms with van der Waals surface area (Å²) in [6.45, 7) is 0. The maximum atomic E-state index is 9.04. The first-order valence-electron chi connectivity index (χ1n) is 7.81. The summed E-state index contributed by atoms with van der Waals surface area (Å²) in [6.07, 6.45) is 11.9. The molecule has 0 fully saturated rings. The molecular weight excluding hydrogens is 297 g/mol. The maximum Gasteiger partial charge on any atom is 0.488 e. The Morgan fingerprint density at radius 2 is 1.17 bits per heavy atom. The first kappa shape index (κ1) is 17.8. The van der Waals surface area contributed by atoms with Crippen molar-refractivity contribution in [1.82, 2.24) is 0 Å². The van der Waals surface area contributed by atoms with Gasteiger partial charge < -0.3 is 14.9 Å². The van der Waals surface area contributed by atoms with E-state index < -0.39 is 7.12 Å². The van der Waals surface area contributed by atoms with Crippen LogP contribution in [-0.4, -0.2) is 31.3 Å². The molecule has 0 amide bonds. The van der Waals surface area contributed by atoms with Crippen LogP contribution in [0.25, 0.3) is 12.2 Å². The van der Waals surface area contributed by atoms with Crippen LogP contribution >= 0.6 is 0 Å². The summed E-state index contributed by atoms with van der Waals surface area (Å²) >= 11 is 0. The van der Waals surface area contributed by atoms with E-state index in [0.717, 1.165) is 11.1 Å². The largest absolute Gasteiger partial charge is 0.488 e. The van der Waals surface area contributed by atoms with Gasteiger partial charge in [0.05, 0.1) is 0 Å². The van der Waals surface area contributed by atoms with E-state index in [1.807, 2.05) is 56.6 Å². The molecule has 0 radical (unpaired) electrons. The van der Waals surface area contributed by atoms with Gasteiger partial charge in [-0.05, 0) is 28.7 Å². The lowest BCUT2D eigenvalue weighted by Crippen LogP contribution is -2.29. The van der Waals surface area contributed by atoms with Gasteiger partial charge in [0.25, 0.3) is 0 Å². The zero-order valence-electron chi connectivity index (χ0n) is 14.0. The van der Waals surface area contributed by atoms with Crippen LogP contribution in [0, 0.1) is 0 Å². The molecule has 0 saturated carbocycles. The van der Waals surface area contributed by atoms with Gasteiger partial charge in [-0.3, -0.25) is 0 Å². The Labute approximate surface area is 144 Å². The van der Waals surface area contributed by atoms with Gasteiger partial charge in [0.1, 0.15) is 0 Å². The highest BCUT2D eigenvalue weighted by molar-refractivity contribution is 6.58. The summed E-state index contributed by atoms with van der Waals surface area (Å²) in [5.74, 6) is 0. The molecule has 0 spiro atoms. The molecule has 0 unspecified atom stereocenters. The molecule has 0 atom stereocenters. The molecule has 0 heterocycles. The molecule has 2 aromatic carbocycles. The normalized spacial score (nSPS) is 11.7. The van der Waals surface area contributed by atoms with Crippen molar-refractivity contribution in [1.29, 1.82) is 0 Å². The van der Waals surface area contributed by atoms with Crippen molar-refractivity contribution in [3.8, 4) is 0 Å². The lowest BCUT2D eigenvalue weighted by atomic mass is 9.80. The van der Waals surface area contributed by atoms with Gasteiger partial charge in [-0.15, -0.1) is 0 Å². The van der Waals surface area contributed by atoms with Gasteiger partial charge in [-0.2, -0.15) is 0 Å². The summed E-state index contributed by atoms with van der Waals surface area (Å²) in [5, 5.41) is 18.1. The minimum absolute atomic E-state index is 0.492. The number of rotatable bonds is 6. The standard InChI is InChI=1S/C20H22BNO2/c1-22(2)20-15-11-18(12-16-20)8-6-4-3-5-7-17-9-13-19(14-10-17)21(23)24/h3-16,23-24H,1-2H3. The Hall–Kier alpha value is -2.56. The predicted octanol–water partition coefficient (Wildman–Crippen LogP) is 2.72. The fourth-order valence-electron chi connectivity index (χ4n) is 2.12. The molecule has 122 valence electrons. The van der Waals surface area contributed by atoms with Crippen molar-refractivity contribution in [3.63, 3.8) is 0 Å². The fourth-order valence-corrected chi connectivity index (χ4v) is 2.12. The molecular formula is C20H22BNO2. The van der Waals surface area contributed by atoms with Gasteiger partial charge >= 0.3 is 7.12 Å². The first-order valence-corrected chi connectivity index (χ1v) is 7.81. The first-order chi connectivity index (χ1) is 11.6. The van der Waals surface area contributed by atoms with Crippen LogP contribution < -0.4 is 10.4 Å². The molecule has 0 aromatic heterocycles. The van der Waals surface area contributed by atoms with Crippen molar-refractivity contribution in [3.05, 3.63) is 84.0 Å². The quantitative estimate of drug-likeness (QED) is 0.636. The average Bonchev–Trinajstić information content (AvgIpc) is 2.58. The van der Waals surface area contributed by atoms with Crippen LogP contribution in [-0.2, 0) is 0 Å². The number of allylic oxidation sites excluding steroid dienone is 4. The molecule has 4 heteroatoms. The van der Waals surface area contributed by atoms with Gasteiger partial charge in [-0.1, -0.05) is 72.9 Å². The van der Waals surface area contributed by atoms with E-state index in [0.29, 0.717) is 5.46 Å². The number of nitrogens with zero attached hydrogens (tertiary/aromatic N) is 1. The maximum absolute atomic E-state index is 9.04. The van der Waals surface area contributed by atoms with Crippen LogP contribution in [0.4, 0.5) is 5.69 Å². The second-order valence-electron chi connectivity index (χ2n) is 5.63. The third-order valence-electron chi connectivity index (χ3n) is 3.55. The smallest absolute Gasteiger partial charge is 0.423 e. The summed E-state index contributed by atoms with van der Waals surface area (Å²) in [7, 11) is 2.64. The molecule has 0 aliphatic heterocycles. The number of anilines is 1. The van der Waals surface area contributed by atoms with Crippen molar-refractivity contribution in [2.24, 2.45) is 0 Å². The second-order valence-corrected chi connectivity index (χ2v) is 5.63. The van der Waals surface area contributed by atoms with Gasteiger partial charge in [-0.25, -0.2) is 0 Å². The Bertz CT molecular complexity index is 651. The summed E-state index contributed by atoms with van der Waals surface area (Å²) in [6, 6.07) is 15.5. The molecule has 0 aliphatic carbocycles. The zero-order valence-corrected chi connectivity index (χ0v) is 14.0. The topological polar surface area (TPSA) is 43.7 Å². The number of benzene rings is 2. The van der Waals surface area contributed by atoms with E-state index in [9.17, 15) is 0 Å². The monoisotopic (exact) mass is 319 g/mol. The summed E-state index contributed by atoms with van der Waals surface area (Å²) in [5.41, 5.74) is 3.84. The van der Waals surface area contributed by atoms with Crippen LogP contribution in [0.15, 0.2) is 72.8 Å². The van der Waals surface area contributed by atoms with Crippen molar-refractivity contribution >= 4 is 30.4 Å². The lowest BCUT2D eigenvalue weighted by Gasteiger charge is -2.11. The highest BCUT2D eigenvalue weighted by Gasteiger charge is 2.08. The summed E-state index contributed by atoms with van der Waals surface area (Å²) < 4.78 is 0. The van der Waals surface area contributed by atoms with Crippen molar-refractivity contribution in [2.75, 3.05) is 19.0 Å². The average molecular weight is 319 g/mol. The lowest BCUT2D eigenvalue weighted by molar-refractivity contribution is 0.426. The van der Waals surface area contributed by atoms with E-state index >= 15 is 0 Å². The Morgan fingerprint density at radius 1 is 0.708 bits per heavy atom. The van der Waals surface area contributed by atoms with E-state index in [-0.39, 0.29) is 0 Å². The van der Waals surface area contributed by atoms with E-state index in [1.54, 1.807) is 12.1 Å². The highest BCUT2D eigenvalue weighted by Crippen LogP contribution is 2.13. The third-order valence-corrected chi connectivity index (χ3v) is 3.55. The summed E-state index contributed by atoms with van der Waals surface area (Å²) in [4.78, 5) is 2.08. The van der Waals surface area contributed by atoms with Crippen molar-refractivity contribution < 1.29 is 10.0 Å². The minimum atomic E-state index is -1.42.